The Morgan fingerprint density at radius 2 is 1.80 bits per heavy atom. The minimum absolute atomic E-state index is 0.133. The van der Waals surface area contributed by atoms with E-state index in [-0.39, 0.29) is 5.91 Å². The summed E-state index contributed by atoms with van der Waals surface area (Å²) < 4.78 is 0. The molecule has 0 aliphatic carbocycles. The van der Waals surface area contributed by atoms with Crippen LogP contribution in [0.4, 0.5) is 11.5 Å². The average molecular weight is 337 g/mol. The monoisotopic (exact) mass is 337 g/mol. The maximum Gasteiger partial charge on any atom is 0.274 e. The molecule has 1 aromatic heterocycles. The van der Waals surface area contributed by atoms with Crippen LogP contribution < -0.4 is 4.90 Å². The summed E-state index contributed by atoms with van der Waals surface area (Å²) >= 11 is 0. The van der Waals surface area contributed by atoms with E-state index in [4.69, 9.17) is 0 Å². The number of amides is 2. The molecule has 0 saturated carbocycles. The van der Waals surface area contributed by atoms with Gasteiger partial charge in [-0.3, -0.25) is 9.59 Å². The first-order valence-corrected chi connectivity index (χ1v) is 8.42. The van der Waals surface area contributed by atoms with Gasteiger partial charge in [0, 0.05) is 38.4 Å². The van der Waals surface area contributed by atoms with E-state index in [9.17, 15) is 9.59 Å². The van der Waals surface area contributed by atoms with Crippen molar-refractivity contribution in [1.82, 2.24) is 19.8 Å². The van der Waals surface area contributed by atoms with Crippen LogP contribution in [0.3, 0.4) is 0 Å². The van der Waals surface area contributed by atoms with Crippen molar-refractivity contribution in [3.63, 3.8) is 0 Å². The van der Waals surface area contributed by atoms with Crippen LogP contribution in [0.25, 0.3) is 0 Å². The highest BCUT2D eigenvalue weighted by atomic mass is 16.2. The molecule has 7 heteroatoms. The molecule has 0 spiro atoms. The molecule has 2 amide bonds. The Morgan fingerprint density at radius 3 is 2.52 bits per heavy atom. The summed E-state index contributed by atoms with van der Waals surface area (Å²) in [6.45, 7) is 3.05. The lowest BCUT2D eigenvalue weighted by molar-refractivity contribution is -0.119. The molecular formula is C18H19N5O2. The van der Waals surface area contributed by atoms with Crippen molar-refractivity contribution in [2.75, 3.05) is 37.6 Å². The molecule has 0 radical (unpaired) electrons. The van der Waals surface area contributed by atoms with Gasteiger partial charge < -0.3 is 14.7 Å². The molecule has 2 aromatic rings. The first-order valence-electron chi connectivity index (χ1n) is 8.42. The summed E-state index contributed by atoms with van der Waals surface area (Å²) in [4.78, 5) is 37.6. The van der Waals surface area contributed by atoms with Crippen LogP contribution in [-0.2, 0) is 11.2 Å². The summed E-state index contributed by atoms with van der Waals surface area (Å²) in [6, 6.07) is 8.26. The average Bonchev–Trinajstić information content (AvgIpc) is 3.12. The second-order valence-electron chi connectivity index (χ2n) is 6.22. The topological polar surface area (TPSA) is 69.6 Å². The first-order chi connectivity index (χ1) is 12.3. The zero-order valence-corrected chi connectivity index (χ0v) is 13.8. The number of benzene rings is 1. The van der Waals surface area contributed by atoms with Gasteiger partial charge in [0.05, 0.1) is 12.4 Å². The van der Waals surface area contributed by atoms with Gasteiger partial charge in [-0.25, -0.2) is 9.97 Å². The zero-order valence-electron chi connectivity index (χ0n) is 13.8. The molecule has 128 valence electrons. The SMILES string of the molecule is O=CN1CCN(C(=O)c2cnc(N3CCc4ccccc43)cn2)CC1. The van der Waals surface area contributed by atoms with Gasteiger partial charge in [0.2, 0.25) is 6.41 Å². The molecule has 0 atom stereocenters. The lowest BCUT2D eigenvalue weighted by atomic mass is 10.2. The number of rotatable bonds is 3. The minimum Gasteiger partial charge on any atom is -0.342 e. The Balaban J connectivity index is 1.48. The second kappa shape index (κ2) is 6.51. The van der Waals surface area contributed by atoms with Gasteiger partial charge in [0.15, 0.2) is 5.82 Å². The first kappa shape index (κ1) is 15.6. The van der Waals surface area contributed by atoms with Crippen molar-refractivity contribution in [3.8, 4) is 0 Å². The molecule has 0 bridgehead atoms. The Labute approximate surface area is 145 Å². The molecular weight excluding hydrogens is 318 g/mol. The molecule has 7 nitrogen and oxygen atoms in total. The van der Waals surface area contributed by atoms with Crippen molar-refractivity contribution in [3.05, 3.63) is 47.9 Å². The Morgan fingerprint density at radius 1 is 1.00 bits per heavy atom. The zero-order chi connectivity index (χ0) is 17.2. The summed E-state index contributed by atoms with van der Waals surface area (Å²) in [5.41, 5.74) is 2.80. The quantitative estimate of drug-likeness (QED) is 0.784. The van der Waals surface area contributed by atoms with Crippen molar-refractivity contribution in [1.29, 1.82) is 0 Å². The van der Waals surface area contributed by atoms with E-state index in [1.54, 1.807) is 22.2 Å². The number of aromatic nitrogens is 2. The van der Waals surface area contributed by atoms with Gasteiger partial charge in [0.25, 0.3) is 5.91 Å². The van der Waals surface area contributed by atoms with E-state index in [1.807, 2.05) is 12.1 Å². The second-order valence-corrected chi connectivity index (χ2v) is 6.22. The van der Waals surface area contributed by atoms with Crippen molar-refractivity contribution in [2.45, 2.75) is 6.42 Å². The molecule has 0 unspecified atom stereocenters. The van der Waals surface area contributed by atoms with Crippen LogP contribution in [-0.4, -0.2) is 64.8 Å². The molecule has 0 N–H and O–H groups in total. The third kappa shape index (κ3) is 2.93. The maximum atomic E-state index is 12.5. The number of fused-ring (bicyclic) bond motifs is 1. The summed E-state index contributed by atoms with van der Waals surface area (Å²) in [5.74, 6) is 0.624. The van der Waals surface area contributed by atoms with E-state index >= 15 is 0 Å². The highest BCUT2D eigenvalue weighted by molar-refractivity contribution is 5.92. The molecule has 2 aliphatic heterocycles. The predicted molar refractivity (Wildman–Crippen MR) is 92.7 cm³/mol. The molecule has 2 aliphatic rings. The van der Waals surface area contributed by atoms with Gasteiger partial charge in [-0.1, -0.05) is 18.2 Å². The van der Waals surface area contributed by atoms with Crippen LogP contribution >= 0.6 is 0 Å². The smallest absolute Gasteiger partial charge is 0.274 e. The van der Waals surface area contributed by atoms with Gasteiger partial charge in [-0.05, 0) is 18.1 Å². The van der Waals surface area contributed by atoms with Crippen LogP contribution in [0.2, 0.25) is 0 Å². The van der Waals surface area contributed by atoms with E-state index < -0.39 is 0 Å². The Bertz CT molecular complexity index is 784. The molecule has 25 heavy (non-hydrogen) atoms. The standard InChI is InChI=1S/C18H19N5O2/c24-13-21-7-9-22(10-8-21)18(25)15-11-20-17(12-19-15)23-6-5-14-3-1-2-4-16(14)23/h1-4,11-13H,5-10H2. The largest absolute Gasteiger partial charge is 0.342 e. The number of piperazine rings is 1. The number of anilines is 2. The molecule has 1 saturated heterocycles. The van der Waals surface area contributed by atoms with Crippen molar-refractivity contribution < 1.29 is 9.59 Å². The van der Waals surface area contributed by atoms with Crippen molar-refractivity contribution in [2.24, 2.45) is 0 Å². The van der Waals surface area contributed by atoms with Crippen LogP contribution in [0.15, 0.2) is 36.7 Å². The van der Waals surface area contributed by atoms with Gasteiger partial charge in [-0.2, -0.15) is 0 Å². The fourth-order valence-corrected chi connectivity index (χ4v) is 3.34. The van der Waals surface area contributed by atoms with E-state index in [1.165, 1.54) is 5.56 Å². The number of hydrogen-bond donors (Lipinski definition) is 0. The number of nitrogens with zero attached hydrogens (tertiary/aromatic N) is 5. The van der Waals surface area contributed by atoms with E-state index in [0.29, 0.717) is 31.9 Å². The Kier molecular flexibility index (Phi) is 4.05. The lowest BCUT2D eigenvalue weighted by Crippen LogP contribution is -2.48. The summed E-state index contributed by atoms with van der Waals surface area (Å²) in [6.07, 6.45) is 5.02. The summed E-state index contributed by atoms with van der Waals surface area (Å²) in [5, 5.41) is 0. The van der Waals surface area contributed by atoms with Gasteiger partial charge in [-0.15, -0.1) is 0 Å². The normalized spacial score (nSPS) is 16.7. The molecule has 1 fully saturated rings. The maximum absolute atomic E-state index is 12.5. The van der Waals surface area contributed by atoms with Crippen LogP contribution in [0.5, 0.6) is 0 Å². The Hall–Kier alpha value is -2.96. The minimum atomic E-state index is -0.133. The summed E-state index contributed by atoms with van der Waals surface area (Å²) in [7, 11) is 0. The molecule has 3 heterocycles. The third-order valence-electron chi connectivity index (χ3n) is 4.77. The van der Waals surface area contributed by atoms with E-state index in [2.05, 4.69) is 27.0 Å². The fraction of sp³-hybridized carbons (Fsp3) is 0.333. The van der Waals surface area contributed by atoms with Gasteiger partial charge >= 0.3 is 0 Å². The van der Waals surface area contributed by atoms with Crippen LogP contribution in [0, 0.1) is 0 Å². The number of hydrogen-bond acceptors (Lipinski definition) is 5. The predicted octanol–water partition coefficient (Wildman–Crippen LogP) is 1.08. The van der Waals surface area contributed by atoms with Gasteiger partial charge in [0.1, 0.15) is 5.69 Å². The number of carbonyl (C=O) groups excluding carboxylic acids is 2. The van der Waals surface area contributed by atoms with E-state index in [0.717, 1.165) is 30.9 Å². The third-order valence-corrected chi connectivity index (χ3v) is 4.77. The lowest BCUT2D eigenvalue weighted by Gasteiger charge is -2.32. The highest BCUT2D eigenvalue weighted by Crippen LogP contribution is 2.32. The van der Waals surface area contributed by atoms with Crippen LogP contribution in [0.1, 0.15) is 16.1 Å². The number of para-hydroxylation sites is 1. The highest BCUT2D eigenvalue weighted by Gasteiger charge is 2.24. The molecule has 4 rings (SSSR count). The molecule has 1 aromatic carbocycles. The number of carbonyl (C=O) groups is 2. The van der Waals surface area contributed by atoms with Crippen molar-refractivity contribution >= 4 is 23.8 Å². The fourth-order valence-electron chi connectivity index (χ4n) is 3.34.